The molecular formula is C16H21NO. The molecule has 0 amide bonds. The summed E-state index contributed by atoms with van der Waals surface area (Å²) in [6, 6.07) is 10.8. The molecule has 1 aromatic carbocycles. The minimum atomic E-state index is 0.797. The molecule has 0 unspecified atom stereocenters. The molecule has 18 heavy (non-hydrogen) atoms. The first-order valence-electron chi connectivity index (χ1n) is 6.71. The van der Waals surface area contributed by atoms with E-state index in [4.69, 9.17) is 4.42 Å². The minimum Gasteiger partial charge on any atom is -0.467 e. The number of benzene rings is 1. The van der Waals surface area contributed by atoms with Gasteiger partial charge < -0.3 is 9.73 Å². The van der Waals surface area contributed by atoms with Crippen molar-refractivity contribution >= 4 is 0 Å². The lowest BCUT2D eigenvalue weighted by Gasteiger charge is -2.05. The van der Waals surface area contributed by atoms with Gasteiger partial charge in [0.25, 0.3) is 0 Å². The van der Waals surface area contributed by atoms with E-state index in [-0.39, 0.29) is 0 Å². The molecule has 0 aliphatic rings. The van der Waals surface area contributed by atoms with E-state index in [1.54, 1.807) is 6.26 Å². The minimum absolute atomic E-state index is 0.797. The van der Waals surface area contributed by atoms with Crippen molar-refractivity contribution in [3.8, 4) is 11.1 Å². The maximum atomic E-state index is 5.56. The van der Waals surface area contributed by atoms with Gasteiger partial charge in [0.05, 0.1) is 12.8 Å². The van der Waals surface area contributed by atoms with Gasteiger partial charge in [0.2, 0.25) is 0 Å². The molecule has 0 saturated heterocycles. The number of furan rings is 1. The highest BCUT2D eigenvalue weighted by Gasteiger charge is 2.07. The van der Waals surface area contributed by atoms with E-state index in [0.717, 1.165) is 31.7 Å². The van der Waals surface area contributed by atoms with Crippen LogP contribution in [0.3, 0.4) is 0 Å². The maximum Gasteiger partial charge on any atom is 0.125 e. The molecule has 0 bridgehead atoms. The highest BCUT2D eigenvalue weighted by molar-refractivity contribution is 5.65. The van der Waals surface area contributed by atoms with Crippen molar-refractivity contribution in [2.24, 2.45) is 0 Å². The fourth-order valence-corrected chi connectivity index (χ4v) is 2.03. The van der Waals surface area contributed by atoms with Crippen LogP contribution in [0.5, 0.6) is 0 Å². The monoisotopic (exact) mass is 243 g/mol. The molecule has 0 aliphatic carbocycles. The van der Waals surface area contributed by atoms with Crippen LogP contribution in [0.15, 0.2) is 41.0 Å². The largest absolute Gasteiger partial charge is 0.467 e. The number of hydrogen-bond acceptors (Lipinski definition) is 2. The zero-order chi connectivity index (χ0) is 12.8. The Balaban J connectivity index is 2.14. The Labute approximate surface area is 109 Å². The lowest BCUT2D eigenvalue weighted by molar-refractivity contribution is 0.484. The summed E-state index contributed by atoms with van der Waals surface area (Å²) in [4.78, 5) is 0. The molecule has 1 N–H and O–H groups in total. The molecule has 2 aromatic rings. The van der Waals surface area contributed by atoms with Crippen molar-refractivity contribution in [2.75, 3.05) is 6.54 Å². The molecule has 0 fully saturated rings. The summed E-state index contributed by atoms with van der Waals surface area (Å²) >= 11 is 0. The van der Waals surface area contributed by atoms with Gasteiger partial charge in [-0.2, -0.15) is 0 Å². The van der Waals surface area contributed by atoms with E-state index in [1.165, 1.54) is 16.7 Å². The van der Waals surface area contributed by atoms with E-state index >= 15 is 0 Å². The Hall–Kier alpha value is -1.54. The van der Waals surface area contributed by atoms with E-state index in [1.807, 2.05) is 6.07 Å². The van der Waals surface area contributed by atoms with Gasteiger partial charge in [0, 0.05) is 5.56 Å². The van der Waals surface area contributed by atoms with Gasteiger partial charge >= 0.3 is 0 Å². The average Bonchev–Trinajstić information content (AvgIpc) is 2.88. The van der Waals surface area contributed by atoms with E-state index in [2.05, 4.69) is 43.4 Å². The third kappa shape index (κ3) is 3.02. The Kier molecular flexibility index (Phi) is 4.59. The topological polar surface area (TPSA) is 25.2 Å². The second kappa shape index (κ2) is 6.41. The van der Waals surface area contributed by atoms with Gasteiger partial charge in [0.1, 0.15) is 5.76 Å². The van der Waals surface area contributed by atoms with Crippen molar-refractivity contribution in [1.29, 1.82) is 0 Å². The lowest BCUT2D eigenvalue weighted by atomic mass is 10.0. The van der Waals surface area contributed by atoms with Crippen LogP contribution in [0.2, 0.25) is 0 Å². The van der Waals surface area contributed by atoms with Gasteiger partial charge in [-0.3, -0.25) is 0 Å². The van der Waals surface area contributed by atoms with Crippen LogP contribution < -0.4 is 5.32 Å². The standard InChI is InChI=1S/C16H21NO/c1-3-10-17-12-16-15(9-11-18-16)14-7-5-13(4-2)6-8-14/h5-9,11,17H,3-4,10,12H2,1-2H3. The molecule has 96 valence electrons. The zero-order valence-electron chi connectivity index (χ0n) is 11.2. The molecule has 1 aromatic heterocycles. The summed E-state index contributed by atoms with van der Waals surface area (Å²) in [5, 5.41) is 3.38. The molecule has 2 rings (SSSR count). The Morgan fingerprint density at radius 1 is 1.06 bits per heavy atom. The lowest BCUT2D eigenvalue weighted by Crippen LogP contribution is -2.13. The summed E-state index contributed by atoms with van der Waals surface area (Å²) in [7, 11) is 0. The molecule has 0 atom stereocenters. The van der Waals surface area contributed by atoms with Crippen LogP contribution >= 0.6 is 0 Å². The Morgan fingerprint density at radius 3 is 2.50 bits per heavy atom. The maximum absolute atomic E-state index is 5.56. The van der Waals surface area contributed by atoms with Crippen molar-refractivity contribution in [3.05, 3.63) is 47.9 Å². The predicted octanol–water partition coefficient (Wildman–Crippen LogP) is 4.01. The van der Waals surface area contributed by atoms with E-state index < -0.39 is 0 Å². The van der Waals surface area contributed by atoms with Gasteiger partial charge in [-0.25, -0.2) is 0 Å². The fraction of sp³-hybridized carbons (Fsp3) is 0.375. The highest BCUT2D eigenvalue weighted by Crippen LogP contribution is 2.25. The van der Waals surface area contributed by atoms with Crippen LogP contribution in [0, 0.1) is 0 Å². The second-order valence-corrected chi connectivity index (χ2v) is 4.48. The van der Waals surface area contributed by atoms with Crippen LogP contribution in [0.1, 0.15) is 31.6 Å². The summed E-state index contributed by atoms with van der Waals surface area (Å²) in [5.74, 6) is 1.02. The van der Waals surface area contributed by atoms with Crippen molar-refractivity contribution in [1.82, 2.24) is 5.32 Å². The van der Waals surface area contributed by atoms with E-state index in [0.29, 0.717) is 0 Å². The van der Waals surface area contributed by atoms with Gasteiger partial charge in [0.15, 0.2) is 0 Å². The number of aryl methyl sites for hydroxylation is 1. The van der Waals surface area contributed by atoms with Crippen LogP contribution in [-0.2, 0) is 13.0 Å². The zero-order valence-corrected chi connectivity index (χ0v) is 11.2. The molecular weight excluding hydrogens is 222 g/mol. The first-order chi connectivity index (χ1) is 8.85. The number of hydrogen-bond donors (Lipinski definition) is 1. The summed E-state index contributed by atoms with van der Waals surface area (Å²) < 4.78 is 5.56. The third-order valence-electron chi connectivity index (χ3n) is 3.13. The smallest absolute Gasteiger partial charge is 0.125 e. The molecule has 0 saturated carbocycles. The van der Waals surface area contributed by atoms with Crippen molar-refractivity contribution in [3.63, 3.8) is 0 Å². The number of nitrogens with one attached hydrogen (secondary N) is 1. The SMILES string of the molecule is CCCNCc1occc1-c1ccc(CC)cc1. The van der Waals surface area contributed by atoms with Gasteiger partial charge in [-0.15, -0.1) is 0 Å². The molecule has 0 spiro atoms. The summed E-state index contributed by atoms with van der Waals surface area (Å²) in [6.45, 7) is 6.16. The Bertz CT molecular complexity index is 470. The summed E-state index contributed by atoms with van der Waals surface area (Å²) in [5.41, 5.74) is 3.79. The van der Waals surface area contributed by atoms with Crippen molar-refractivity contribution in [2.45, 2.75) is 33.2 Å². The molecule has 1 heterocycles. The fourth-order valence-electron chi connectivity index (χ4n) is 2.03. The quantitative estimate of drug-likeness (QED) is 0.775. The van der Waals surface area contributed by atoms with E-state index in [9.17, 15) is 0 Å². The Morgan fingerprint density at radius 2 is 1.83 bits per heavy atom. The third-order valence-corrected chi connectivity index (χ3v) is 3.13. The van der Waals surface area contributed by atoms with Crippen LogP contribution in [0.25, 0.3) is 11.1 Å². The average molecular weight is 243 g/mol. The van der Waals surface area contributed by atoms with Crippen LogP contribution in [-0.4, -0.2) is 6.54 Å². The molecule has 2 nitrogen and oxygen atoms in total. The predicted molar refractivity (Wildman–Crippen MR) is 75.5 cm³/mol. The number of rotatable bonds is 6. The normalized spacial score (nSPS) is 10.8. The summed E-state index contributed by atoms with van der Waals surface area (Å²) in [6.07, 6.45) is 3.99. The molecule has 2 heteroatoms. The molecule has 0 radical (unpaired) electrons. The highest BCUT2D eigenvalue weighted by atomic mass is 16.3. The van der Waals surface area contributed by atoms with Crippen molar-refractivity contribution < 1.29 is 4.42 Å². The van der Waals surface area contributed by atoms with Gasteiger partial charge in [-0.05, 0) is 36.6 Å². The second-order valence-electron chi connectivity index (χ2n) is 4.48. The van der Waals surface area contributed by atoms with Crippen LogP contribution in [0.4, 0.5) is 0 Å². The first kappa shape index (κ1) is 12.9. The first-order valence-corrected chi connectivity index (χ1v) is 6.71. The van der Waals surface area contributed by atoms with Gasteiger partial charge in [-0.1, -0.05) is 38.1 Å². The molecule has 0 aliphatic heterocycles.